The summed E-state index contributed by atoms with van der Waals surface area (Å²) in [4.78, 5) is 24.3. The molecule has 2 saturated heterocycles. The first-order valence-electron chi connectivity index (χ1n) is 9.28. The van der Waals surface area contributed by atoms with Crippen LogP contribution in [0.15, 0.2) is 24.3 Å². The fraction of sp³-hybridized carbons (Fsp3) is 0.684. The van der Waals surface area contributed by atoms with Gasteiger partial charge >= 0.3 is 0 Å². The topological polar surface area (TPSA) is 88.2 Å². The number of ketones is 1. The van der Waals surface area contributed by atoms with E-state index in [-0.39, 0.29) is 30.3 Å². The van der Waals surface area contributed by atoms with Crippen LogP contribution in [0.1, 0.15) is 51.9 Å². The highest BCUT2D eigenvalue weighted by Gasteiger charge is 2.65. The molecule has 2 aliphatic heterocycles. The van der Waals surface area contributed by atoms with E-state index in [9.17, 15) is 14.7 Å². The summed E-state index contributed by atoms with van der Waals surface area (Å²) in [5.41, 5.74) is -1.15. The van der Waals surface area contributed by atoms with Gasteiger partial charge in [0.2, 0.25) is 5.91 Å². The van der Waals surface area contributed by atoms with E-state index in [2.05, 4.69) is 12.2 Å². The quantitative estimate of drug-likeness (QED) is 0.396. The largest absolute Gasteiger partial charge is 0.366 e. The fourth-order valence-electron chi connectivity index (χ4n) is 3.63. The number of aliphatic hydroxyl groups excluding tert-OH is 1. The van der Waals surface area contributed by atoms with Gasteiger partial charge in [0.15, 0.2) is 17.7 Å². The van der Waals surface area contributed by atoms with E-state index >= 15 is 0 Å². The van der Waals surface area contributed by atoms with E-state index in [1.807, 2.05) is 6.08 Å². The number of epoxide rings is 1. The van der Waals surface area contributed by atoms with Gasteiger partial charge in [0.1, 0.15) is 12.2 Å². The molecule has 3 aliphatic rings. The van der Waals surface area contributed by atoms with E-state index in [1.54, 1.807) is 6.08 Å². The van der Waals surface area contributed by atoms with E-state index < -0.39 is 17.9 Å². The van der Waals surface area contributed by atoms with Crippen LogP contribution in [0.2, 0.25) is 0 Å². The third-order valence-corrected chi connectivity index (χ3v) is 5.11. The van der Waals surface area contributed by atoms with Gasteiger partial charge in [0.05, 0.1) is 6.04 Å². The van der Waals surface area contributed by atoms with Crippen molar-refractivity contribution in [2.45, 2.75) is 82.0 Å². The average molecular weight is 349 g/mol. The van der Waals surface area contributed by atoms with Gasteiger partial charge in [0.25, 0.3) is 0 Å². The Kier molecular flexibility index (Phi) is 5.71. The highest BCUT2D eigenvalue weighted by molar-refractivity contribution is 6.00. The first kappa shape index (κ1) is 18.3. The summed E-state index contributed by atoms with van der Waals surface area (Å²) in [6.07, 6.45) is 11.9. The highest BCUT2D eigenvalue weighted by atomic mass is 16.7. The van der Waals surface area contributed by atoms with Crippen molar-refractivity contribution in [3.63, 3.8) is 0 Å². The number of hydrogen-bond acceptors (Lipinski definition) is 5. The van der Waals surface area contributed by atoms with Crippen molar-refractivity contribution < 1.29 is 24.2 Å². The minimum Gasteiger partial charge on any atom is -0.366 e. The van der Waals surface area contributed by atoms with Crippen LogP contribution >= 0.6 is 0 Å². The molecule has 2 heterocycles. The molecule has 3 rings (SSSR count). The van der Waals surface area contributed by atoms with Gasteiger partial charge in [-0.1, -0.05) is 38.7 Å². The van der Waals surface area contributed by atoms with E-state index in [1.165, 1.54) is 37.8 Å². The molecule has 0 bridgehead atoms. The molecule has 138 valence electrons. The van der Waals surface area contributed by atoms with Crippen LogP contribution in [0.5, 0.6) is 0 Å². The lowest BCUT2D eigenvalue weighted by atomic mass is 9.84. The summed E-state index contributed by atoms with van der Waals surface area (Å²) in [5.74, 6) is -0.477. The molecule has 6 heteroatoms. The maximum atomic E-state index is 12.2. The zero-order chi connectivity index (χ0) is 17.9. The second-order valence-electron chi connectivity index (χ2n) is 7.07. The summed E-state index contributed by atoms with van der Waals surface area (Å²) in [6, 6.07) is -0.609. The molecule has 2 fully saturated rings. The first-order chi connectivity index (χ1) is 12.1. The molecule has 0 aromatic carbocycles. The van der Waals surface area contributed by atoms with Crippen LogP contribution in [-0.2, 0) is 19.1 Å². The van der Waals surface area contributed by atoms with Crippen LogP contribution in [0.3, 0.4) is 0 Å². The number of carbonyl (C=O) groups is 2. The number of hydrogen-bond donors (Lipinski definition) is 2. The summed E-state index contributed by atoms with van der Waals surface area (Å²) in [5, 5.41) is 12.8. The number of unbranched alkanes of at least 4 members (excludes halogenated alkanes) is 5. The normalized spacial score (nSPS) is 36.2. The van der Waals surface area contributed by atoms with Gasteiger partial charge in [-0.3, -0.25) is 9.59 Å². The first-order valence-corrected chi connectivity index (χ1v) is 9.28. The molecule has 2 N–H and O–H groups in total. The third-order valence-electron chi connectivity index (χ3n) is 5.11. The van der Waals surface area contributed by atoms with Crippen LogP contribution in [0.4, 0.5) is 0 Å². The van der Waals surface area contributed by atoms with Gasteiger partial charge in [-0.05, 0) is 31.1 Å². The van der Waals surface area contributed by atoms with E-state index in [0.717, 1.165) is 12.8 Å². The molecule has 5 unspecified atom stereocenters. The second kappa shape index (κ2) is 7.81. The maximum Gasteiger partial charge on any atom is 0.244 e. The molecule has 0 aromatic heterocycles. The number of ether oxygens (including phenoxy) is 2. The summed E-state index contributed by atoms with van der Waals surface area (Å²) < 4.78 is 11.0. The van der Waals surface area contributed by atoms with Gasteiger partial charge < -0.3 is 19.9 Å². The Morgan fingerprint density at radius 3 is 3.00 bits per heavy atom. The molecule has 25 heavy (non-hydrogen) atoms. The molecule has 6 nitrogen and oxygen atoms in total. The monoisotopic (exact) mass is 349 g/mol. The molecule has 5 atom stereocenters. The Morgan fingerprint density at radius 2 is 2.20 bits per heavy atom. The molecule has 0 radical (unpaired) electrons. The van der Waals surface area contributed by atoms with Crippen molar-refractivity contribution in [2.24, 2.45) is 0 Å². The predicted molar refractivity (Wildman–Crippen MR) is 91.7 cm³/mol. The molecule has 1 spiro atoms. The van der Waals surface area contributed by atoms with Crippen molar-refractivity contribution in [1.82, 2.24) is 5.32 Å². The molecule has 1 amide bonds. The third kappa shape index (κ3) is 4.02. The van der Waals surface area contributed by atoms with E-state index in [4.69, 9.17) is 9.47 Å². The zero-order valence-corrected chi connectivity index (χ0v) is 14.6. The molecular formula is C19H27NO5. The zero-order valence-electron chi connectivity index (χ0n) is 14.6. The maximum absolute atomic E-state index is 12.2. The van der Waals surface area contributed by atoms with Crippen molar-refractivity contribution in [3.8, 4) is 0 Å². The van der Waals surface area contributed by atoms with Crippen molar-refractivity contribution in [3.05, 3.63) is 24.3 Å². The standard InChI is InChI=1S/C19H27NO5/c1-2-3-4-5-6-7-8-9-16(22)20-13-12-19(25-18(13)23)15(21)11-10-14-17(19)24-14/h8-11,13-14,17-18,23H,2-7,12H2,1H3,(H,20,22). The summed E-state index contributed by atoms with van der Waals surface area (Å²) >= 11 is 0. The van der Waals surface area contributed by atoms with E-state index in [0.29, 0.717) is 0 Å². The Morgan fingerprint density at radius 1 is 1.40 bits per heavy atom. The fourth-order valence-corrected chi connectivity index (χ4v) is 3.63. The Labute approximate surface area is 148 Å². The lowest BCUT2D eigenvalue weighted by Crippen LogP contribution is -2.46. The van der Waals surface area contributed by atoms with Crippen LogP contribution in [0, 0.1) is 0 Å². The Hall–Kier alpha value is -1.50. The number of rotatable bonds is 8. The molecule has 0 saturated carbocycles. The summed E-state index contributed by atoms with van der Waals surface area (Å²) in [6.45, 7) is 2.18. The summed E-state index contributed by atoms with van der Waals surface area (Å²) in [7, 11) is 0. The highest BCUT2D eigenvalue weighted by Crippen LogP contribution is 2.47. The van der Waals surface area contributed by atoms with Crippen molar-refractivity contribution in [2.75, 3.05) is 0 Å². The van der Waals surface area contributed by atoms with Crippen molar-refractivity contribution in [1.29, 1.82) is 0 Å². The number of nitrogens with one attached hydrogen (secondary N) is 1. The molecule has 0 aromatic rings. The van der Waals surface area contributed by atoms with Crippen LogP contribution in [0.25, 0.3) is 0 Å². The Balaban J connectivity index is 1.44. The van der Waals surface area contributed by atoms with Crippen molar-refractivity contribution >= 4 is 11.7 Å². The van der Waals surface area contributed by atoms with Crippen LogP contribution in [-0.4, -0.2) is 46.9 Å². The van der Waals surface area contributed by atoms with Gasteiger partial charge in [-0.2, -0.15) is 0 Å². The lowest BCUT2D eigenvalue weighted by molar-refractivity contribution is -0.166. The van der Waals surface area contributed by atoms with Crippen LogP contribution < -0.4 is 5.32 Å². The van der Waals surface area contributed by atoms with Gasteiger partial charge in [-0.25, -0.2) is 0 Å². The smallest absolute Gasteiger partial charge is 0.244 e. The lowest BCUT2D eigenvalue weighted by Gasteiger charge is -2.25. The number of allylic oxidation sites excluding steroid dienone is 1. The minimum atomic E-state index is -1.20. The number of fused-ring (bicyclic) bond motifs is 2. The molecule has 1 aliphatic carbocycles. The predicted octanol–water partition coefficient (Wildman–Crippen LogP) is 1.77. The number of amides is 1. The SMILES string of the molecule is CCCCCCCC=CC(=O)NC1CC2(OC1O)C(=O)C=CC1OC12. The minimum absolute atomic E-state index is 0.119. The van der Waals surface area contributed by atoms with Gasteiger partial charge in [-0.15, -0.1) is 0 Å². The number of carbonyl (C=O) groups excluding carboxylic acids is 2. The van der Waals surface area contributed by atoms with Gasteiger partial charge in [0, 0.05) is 6.42 Å². The Bertz CT molecular complexity index is 572. The second-order valence-corrected chi connectivity index (χ2v) is 7.07. The number of aliphatic hydroxyl groups is 1. The molecular weight excluding hydrogens is 322 g/mol. The average Bonchev–Trinajstić information content (AvgIpc) is 3.31.